The molecule has 5 aromatic rings. The zero-order chi connectivity index (χ0) is 41.8. The topological polar surface area (TPSA) is 172 Å². The van der Waals surface area contributed by atoms with Crippen LogP contribution in [0.1, 0.15) is 54.4 Å². The van der Waals surface area contributed by atoms with E-state index in [1.165, 1.54) is 29.5 Å². The van der Waals surface area contributed by atoms with Gasteiger partial charge in [0.25, 0.3) is 21.6 Å². The number of nitrogens with one attached hydrogen (secondary N) is 3. The number of pyridine rings is 1. The van der Waals surface area contributed by atoms with Crippen molar-refractivity contribution in [2.45, 2.75) is 43.4 Å². The van der Waals surface area contributed by atoms with E-state index in [4.69, 9.17) is 21.1 Å². The molecule has 8 rings (SSSR count). The highest BCUT2D eigenvalue weighted by molar-refractivity contribution is 7.90. The second-order valence-corrected chi connectivity index (χ2v) is 18.0. The molecule has 0 radical (unpaired) electrons. The SMILES string of the molecule is CC1=CC[C@H](CN2CCN(c3ccc(C(=O)NS(=O)(=O)c4ccc(NCC5CCOCC5)c([N+](=O)[O-])c4)c(Oc4cnc5[nH]ccc5c4)c3)CC2)[C@@H](c2ccc(Cl)cc2)C1. The smallest absolute Gasteiger partial charge is 0.293 e. The van der Waals surface area contributed by atoms with Gasteiger partial charge >= 0.3 is 0 Å². The first-order valence-electron chi connectivity index (χ1n) is 20.3. The molecule has 0 saturated carbocycles. The van der Waals surface area contributed by atoms with E-state index >= 15 is 0 Å². The average molecular weight is 854 g/mol. The number of rotatable bonds is 13. The molecule has 3 aromatic carbocycles. The van der Waals surface area contributed by atoms with E-state index in [0.29, 0.717) is 43.0 Å². The summed E-state index contributed by atoms with van der Waals surface area (Å²) >= 11 is 6.22. The van der Waals surface area contributed by atoms with Crippen LogP contribution in [0.2, 0.25) is 5.02 Å². The Balaban J connectivity index is 0.988. The fourth-order valence-corrected chi connectivity index (χ4v) is 9.55. The molecular formula is C44H48ClN7O7S. The number of carbonyl (C=O) groups is 1. The lowest BCUT2D eigenvalue weighted by atomic mass is 9.75. The van der Waals surface area contributed by atoms with Crippen molar-refractivity contribution in [1.29, 1.82) is 0 Å². The van der Waals surface area contributed by atoms with Crippen LogP contribution in [0.4, 0.5) is 17.1 Å². The molecule has 3 aliphatic rings. The van der Waals surface area contributed by atoms with Gasteiger partial charge in [0, 0.05) is 86.9 Å². The van der Waals surface area contributed by atoms with E-state index in [-0.39, 0.29) is 22.9 Å². The minimum atomic E-state index is -4.55. The number of nitro groups is 1. The number of hydrogen-bond acceptors (Lipinski definition) is 11. The standard InChI is InChI=1S/C44H48ClN7O7S/c1-29-2-3-33(39(22-29)31-4-6-34(45)7-5-31)28-50-16-18-51(19-17-50)35-8-10-38(42(24-35)59-36-23-32-12-15-46-43(32)48-27-36)44(53)49-60(56,57)37-9-11-40(41(25-37)52(54)55)47-26-30-13-20-58-21-14-30/h2,4-12,15,23-25,27,30,33,39,47H,3,13-14,16-22,26,28H2,1H3,(H,46,48)(H,49,53)/t33-,39-/m1/s1. The number of nitro benzene ring substituents is 1. The predicted octanol–water partition coefficient (Wildman–Crippen LogP) is 8.14. The molecule has 0 spiro atoms. The molecule has 314 valence electrons. The van der Waals surface area contributed by atoms with Crippen molar-refractivity contribution in [3.05, 3.63) is 123 Å². The van der Waals surface area contributed by atoms with Crippen molar-refractivity contribution in [1.82, 2.24) is 19.6 Å². The maximum atomic E-state index is 13.9. The van der Waals surface area contributed by atoms with Crippen LogP contribution >= 0.6 is 11.6 Å². The number of anilines is 2. The second kappa shape index (κ2) is 18.0. The number of H-pyrrole nitrogens is 1. The lowest BCUT2D eigenvalue weighted by Crippen LogP contribution is -2.48. The van der Waals surface area contributed by atoms with Crippen molar-refractivity contribution < 1.29 is 27.6 Å². The van der Waals surface area contributed by atoms with Crippen LogP contribution in [-0.2, 0) is 14.8 Å². The molecule has 2 saturated heterocycles. The number of fused-ring (bicyclic) bond motifs is 1. The van der Waals surface area contributed by atoms with Gasteiger partial charge in [-0.2, -0.15) is 0 Å². The Kier molecular flexibility index (Phi) is 12.4. The van der Waals surface area contributed by atoms with Crippen molar-refractivity contribution in [3.8, 4) is 11.5 Å². The minimum absolute atomic E-state index is 0.0340. The van der Waals surface area contributed by atoms with Gasteiger partial charge in [0.2, 0.25) is 0 Å². The summed E-state index contributed by atoms with van der Waals surface area (Å²) in [5, 5.41) is 16.7. The number of halogens is 1. The van der Waals surface area contributed by atoms with Crippen LogP contribution in [-0.4, -0.2) is 86.6 Å². The maximum Gasteiger partial charge on any atom is 0.293 e. The third-order valence-electron chi connectivity index (χ3n) is 11.8. The fraction of sp³-hybridized carbons (Fsp3) is 0.364. The van der Waals surface area contributed by atoms with Crippen LogP contribution in [0, 0.1) is 22.0 Å². The average Bonchev–Trinajstić information content (AvgIpc) is 3.72. The molecule has 3 N–H and O–H groups in total. The summed E-state index contributed by atoms with van der Waals surface area (Å²) < 4.78 is 41.1. The van der Waals surface area contributed by atoms with E-state index in [1.807, 2.05) is 18.2 Å². The third kappa shape index (κ3) is 9.60. The first-order valence-corrected chi connectivity index (χ1v) is 22.2. The van der Waals surface area contributed by atoms with Crippen LogP contribution in [0.15, 0.2) is 102 Å². The number of hydrogen-bond donors (Lipinski definition) is 3. The number of benzene rings is 3. The Hall–Kier alpha value is -5.48. The Bertz CT molecular complexity index is 2500. The number of aromatic amines is 1. The normalized spacial score (nSPS) is 19.2. The van der Waals surface area contributed by atoms with E-state index in [9.17, 15) is 23.3 Å². The van der Waals surface area contributed by atoms with Gasteiger partial charge in [0.05, 0.1) is 21.6 Å². The molecule has 0 unspecified atom stereocenters. The van der Waals surface area contributed by atoms with Gasteiger partial charge in [-0.15, -0.1) is 0 Å². The lowest BCUT2D eigenvalue weighted by molar-refractivity contribution is -0.384. The number of aromatic nitrogens is 2. The molecule has 2 aromatic heterocycles. The molecule has 14 nitrogen and oxygen atoms in total. The van der Waals surface area contributed by atoms with E-state index in [1.54, 1.807) is 30.5 Å². The summed E-state index contributed by atoms with van der Waals surface area (Å²) in [5.41, 5.74) is 3.96. The molecule has 16 heteroatoms. The number of sulfonamides is 1. The van der Waals surface area contributed by atoms with Gasteiger partial charge in [0.15, 0.2) is 0 Å². The summed E-state index contributed by atoms with van der Waals surface area (Å²) in [6, 6.07) is 20.5. The quantitative estimate of drug-likeness (QED) is 0.0593. The maximum absolute atomic E-state index is 13.9. The van der Waals surface area contributed by atoms with Gasteiger partial charge in [-0.25, -0.2) is 18.1 Å². The van der Waals surface area contributed by atoms with Gasteiger partial charge in [0.1, 0.15) is 22.8 Å². The number of carbonyl (C=O) groups excluding carboxylic acids is 1. The van der Waals surface area contributed by atoms with Crippen molar-refractivity contribution >= 4 is 55.6 Å². The lowest BCUT2D eigenvalue weighted by Gasteiger charge is -2.40. The van der Waals surface area contributed by atoms with Crippen molar-refractivity contribution in [2.24, 2.45) is 11.8 Å². The highest BCUT2D eigenvalue weighted by Gasteiger charge is 2.31. The fourth-order valence-electron chi connectivity index (χ4n) is 8.44. The summed E-state index contributed by atoms with van der Waals surface area (Å²) in [7, 11) is -4.55. The molecule has 2 atom stereocenters. The summed E-state index contributed by atoms with van der Waals surface area (Å²) in [6.07, 6.45) is 9.36. The van der Waals surface area contributed by atoms with Crippen LogP contribution < -0.4 is 19.7 Å². The molecule has 60 heavy (non-hydrogen) atoms. The van der Waals surface area contributed by atoms with Crippen molar-refractivity contribution in [3.63, 3.8) is 0 Å². The Morgan fingerprint density at radius 3 is 2.58 bits per heavy atom. The first-order chi connectivity index (χ1) is 29.0. The number of amides is 1. The number of allylic oxidation sites excluding steroid dienone is 2. The van der Waals surface area contributed by atoms with Gasteiger partial charge in [-0.3, -0.25) is 19.8 Å². The largest absolute Gasteiger partial charge is 0.455 e. The Morgan fingerprint density at radius 2 is 1.82 bits per heavy atom. The van der Waals surface area contributed by atoms with E-state index in [0.717, 1.165) is 80.6 Å². The van der Waals surface area contributed by atoms with Crippen LogP contribution in [0.3, 0.4) is 0 Å². The van der Waals surface area contributed by atoms with E-state index < -0.39 is 31.4 Å². The number of nitrogens with zero attached hydrogens (tertiary/aromatic N) is 4. The van der Waals surface area contributed by atoms with Crippen LogP contribution in [0.25, 0.3) is 11.0 Å². The molecule has 0 bridgehead atoms. The molecule has 1 amide bonds. The first kappa shape index (κ1) is 41.3. The molecule has 1 aliphatic carbocycles. The van der Waals surface area contributed by atoms with Gasteiger partial charge < -0.3 is 24.7 Å². The van der Waals surface area contributed by atoms with Gasteiger partial charge in [-0.1, -0.05) is 35.4 Å². The van der Waals surface area contributed by atoms with Crippen LogP contribution in [0.5, 0.6) is 11.5 Å². The zero-order valence-corrected chi connectivity index (χ0v) is 34.9. The highest BCUT2D eigenvalue weighted by Crippen LogP contribution is 2.39. The summed E-state index contributed by atoms with van der Waals surface area (Å²) in [5.74, 6) is 0.710. The predicted molar refractivity (Wildman–Crippen MR) is 232 cm³/mol. The molecule has 4 heterocycles. The summed E-state index contributed by atoms with van der Waals surface area (Å²) in [6.45, 7) is 8.08. The highest BCUT2D eigenvalue weighted by atomic mass is 35.5. The monoisotopic (exact) mass is 853 g/mol. The number of ether oxygens (including phenoxy) is 2. The molecule has 2 fully saturated rings. The Morgan fingerprint density at radius 1 is 1.03 bits per heavy atom. The Labute approximate surface area is 354 Å². The number of piperazine rings is 1. The molecule has 2 aliphatic heterocycles. The minimum Gasteiger partial charge on any atom is -0.455 e. The second-order valence-electron chi connectivity index (χ2n) is 15.9. The summed E-state index contributed by atoms with van der Waals surface area (Å²) in [4.78, 5) is 37.1. The van der Waals surface area contributed by atoms with Gasteiger partial charge in [-0.05, 0) is 104 Å². The van der Waals surface area contributed by atoms with Crippen molar-refractivity contribution in [2.75, 3.05) is 62.7 Å². The molecular weight excluding hydrogens is 806 g/mol. The zero-order valence-electron chi connectivity index (χ0n) is 33.3. The van der Waals surface area contributed by atoms with E-state index in [2.05, 4.69) is 54.9 Å². The third-order valence-corrected chi connectivity index (χ3v) is 13.4.